The summed E-state index contributed by atoms with van der Waals surface area (Å²) in [6, 6.07) is 3.83. The molecule has 0 fully saturated rings. The predicted octanol–water partition coefficient (Wildman–Crippen LogP) is 2.50. The molecule has 102 valence electrons. The third-order valence-corrected chi connectivity index (χ3v) is 4.64. The van der Waals surface area contributed by atoms with Crippen LogP contribution in [0.5, 0.6) is 0 Å². The largest absolute Gasteiger partial charge is 0.480 e. The van der Waals surface area contributed by atoms with Crippen LogP contribution in [0.4, 0.5) is 5.69 Å². The Kier molecular flexibility index (Phi) is 3.25. The second-order valence-corrected chi connectivity index (χ2v) is 6.07. The number of aromatic nitrogens is 2. The fraction of sp³-hybridized carbons (Fsp3) is 0.0833. The van der Waals surface area contributed by atoms with E-state index in [9.17, 15) is 9.59 Å². The fourth-order valence-corrected chi connectivity index (χ4v) is 3.73. The highest BCUT2D eigenvalue weighted by Crippen LogP contribution is 2.30. The van der Waals surface area contributed by atoms with Crippen LogP contribution in [-0.2, 0) is 11.3 Å². The second-order valence-electron chi connectivity index (χ2n) is 4.03. The Morgan fingerprint density at radius 1 is 1.40 bits per heavy atom. The van der Waals surface area contributed by atoms with Crippen molar-refractivity contribution in [3.05, 3.63) is 34.8 Å². The molecule has 2 N–H and O–H groups in total. The van der Waals surface area contributed by atoms with Crippen LogP contribution in [0, 0.1) is 0 Å². The van der Waals surface area contributed by atoms with Crippen molar-refractivity contribution in [2.24, 2.45) is 0 Å². The van der Waals surface area contributed by atoms with Gasteiger partial charge in [0, 0.05) is 15.6 Å². The van der Waals surface area contributed by atoms with Gasteiger partial charge in [0.05, 0.1) is 16.8 Å². The maximum atomic E-state index is 12.1. The van der Waals surface area contributed by atoms with Gasteiger partial charge >= 0.3 is 5.97 Å². The predicted molar refractivity (Wildman–Crippen MR) is 77.5 cm³/mol. The van der Waals surface area contributed by atoms with Crippen molar-refractivity contribution in [2.75, 3.05) is 5.32 Å². The molecule has 3 rings (SSSR count). The number of carbonyl (C=O) groups excluding carboxylic acids is 1. The van der Waals surface area contributed by atoms with Crippen molar-refractivity contribution in [3.63, 3.8) is 0 Å². The van der Waals surface area contributed by atoms with Gasteiger partial charge in [0.25, 0.3) is 5.91 Å². The number of hydrogen-bond acceptors (Lipinski definition) is 5. The number of hydrogen-bond donors (Lipinski definition) is 2. The first kappa shape index (κ1) is 12.8. The summed E-state index contributed by atoms with van der Waals surface area (Å²) in [7, 11) is 0. The molecule has 0 spiro atoms. The van der Waals surface area contributed by atoms with Crippen molar-refractivity contribution in [1.29, 1.82) is 0 Å². The summed E-state index contributed by atoms with van der Waals surface area (Å²) in [5.74, 6) is -1.20. The number of carbonyl (C=O) groups is 2. The van der Waals surface area contributed by atoms with Crippen molar-refractivity contribution < 1.29 is 14.7 Å². The van der Waals surface area contributed by atoms with E-state index >= 15 is 0 Å². The zero-order valence-corrected chi connectivity index (χ0v) is 11.7. The lowest BCUT2D eigenvalue weighted by molar-refractivity contribution is -0.137. The second kappa shape index (κ2) is 5.06. The SMILES string of the molecule is O=C(O)Cn1cc(NC(=O)c2cc3sccc3s2)cn1. The Labute approximate surface area is 121 Å². The Morgan fingerprint density at radius 2 is 2.25 bits per heavy atom. The molecule has 0 aromatic carbocycles. The summed E-state index contributed by atoms with van der Waals surface area (Å²) in [6.07, 6.45) is 2.92. The Morgan fingerprint density at radius 3 is 3.00 bits per heavy atom. The standard InChI is InChI=1S/C12H9N3O3S2/c16-11(17)6-15-5-7(4-13-15)14-12(18)10-3-9-8(20-10)1-2-19-9/h1-5H,6H2,(H,14,18)(H,16,17). The normalized spacial score (nSPS) is 10.8. The van der Waals surface area contributed by atoms with Crippen molar-refractivity contribution >= 4 is 49.6 Å². The molecule has 3 aromatic heterocycles. The molecule has 0 aliphatic carbocycles. The molecule has 0 aliphatic heterocycles. The summed E-state index contributed by atoms with van der Waals surface area (Å²) in [5, 5.41) is 17.2. The molecule has 0 radical (unpaired) electrons. The summed E-state index contributed by atoms with van der Waals surface area (Å²) < 4.78 is 3.42. The van der Waals surface area contributed by atoms with Gasteiger partial charge in [-0.3, -0.25) is 14.3 Å². The zero-order valence-electron chi connectivity index (χ0n) is 10.1. The molecule has 3 aromatic rings. The number of aliphatic carboxylic acids is 1. The molecule has 0 bridgehead atoms. The molecule has 1 amide bonds. The lowest BCUT2D eigenvalue weighted by Gasteiger charge is -1.98. The van der Waals surface area contributed by atoms with Crippen LogP contribution in [0.25, 0.3) is 9.40 Å². The van der Waals surface area contributed by atoms with Crippen LogP contribution in [-0.4, -0.2) is 26.8 Å². The highest BCUT2D eigenvalue weighted by Gasteiger charge is 2.12. The molecule has 0 unspecified atom stereocenters. The maximum Gasteiger partial charge on any atom is 0.325 e. The third kappa shape index (κ3) is 2.56. The van der Waals surface area contributed by atoms with E-state index in [2.05, 4.69) is 10.4 Å². The van der Waals surface area contributed by atoms with E-state index < -0.39 is 5.97 Å². The van der Waals surface area contributed by atoms with Crippen LogP contribution >= 0.6 is 22.7 Å². The first-order chi connectivity index (χ1) is 9.61. The first-order valence-corrected chi connectivity index (χ1v) is 7.34. The van der Waals surface area contributed by atoms with Gasteiger partial charge in [-0.15, -0.1) is 22.7 Å². The summed E-state index contributed by atoms with van der Waals surface area (Å²) in [6.45, 7) is -0.232. The molecule has 0 saturated heterocycles. The number of nitrogens with zero attached hydrogens (tertiary/aromatic N) is 2. The van der Waals surface area contributed by atoms with Gasteiger partial charge in [0.2, 0.25) is 0 Å². The number of nitrogens with one attached hydrogen (secondary N) is 1. The van der Waals surface area contributed by atoms with E-state index in [0.29, 0.717) is 10.6 Å². The van der Waals surface area contributed by atoms with Crippen LogP contribution < -0.4 is 5.32 Å². The molecule has 0 atom stereocenters. The van der Waals surface area contributed by atoms with Crippen LogP contribution in [0.15, 0.2) is 29.9 Å². The lowest BCUT2D eigenvalue weighted by atomic mass is 10.4. The number of rotatable bonds is 4. The summed E-state index contributed by atoms with van der Waals surface area (Å²) >= 11 is 3.02. The summed E-state index contributed by atoms with van der Waals surface area (Å²) in [4.78, 5) is 23.2. The molecule has 6 nitrogen and oxygen atoms in total. The topological polar surface area (TPSA) is 84.2 Å². The van der Waals surface area contributed by atoms with Crippen molar-refractivity contribution in [2.45, 2.75) is 6.54 Å². The molecule has 20 heavy (non-hydrogen) atoms. The van der Waals surface area contributed by atoms with E-state index in [0.717, 1.165) is 9.40 Å². The van der Waals surface area contributed by atoms with Crippen LogP contribution in [0.2, 0.25) is 0 Å². The number of anilines is 1. The maximum absolute atomic E-state index is 12.1. The van der Waals surface area contributed by atoms with Gasteiger partial charge in [-0.05, 0) is 17.5 Å². The number of fused-ring (bicyclic) bond motifs is 1. The number of amides is 1. The van der Waals surface area contributed by atoms with E-state index in [-0.39, 0.29) is 12.5 Å². The Hall–Kier alpha value is -2.19. The lowest BCUT2D eigenvalue weighted by Crippen LogP contribution is -2.10. The average Bonchev–Trinajstić information content (AvgIpc) is 3.02. The third-order valence-electron chi connectivity index (χ3n) is 2.55. The monoisotopic (exact) mass is 307 g/mol. The van der Waals surface area contributed by atoms with Crippen molar-refractivity contribution in [3.8, 4) is 0 Å². The smallest absolute Gasteiger partial charge is 0.325 e. The average molecular weight is 307 g/mol. The van der Waals surface area contributed by atoms with E-state index in [4.69, 9.17) is 5.11 Å². The minimum atomic E-state index is -0.982. The van der Waals surface area contributed by atoms with Gasteiger partial charge < -0.3 is 10.4 Å². The molecule has 0 saturated carbocycles. The van der Waals surface area contributed by atoms with Gasteiger partial charge in [0.15, 0.2) is 0 Å². The zero-order chi connectivity index (χ0) is 14.1. The number of thiophene rings is 2. The number of carboxylic acid groups (broad SMARTS) is 1. The molecule has 3 heterocycles. The van der Waals surface area contributed by atoms with Gasteiger partial charge in [-0.2, -0.15) is 5.10 Å². The number of carboxylic acids is 1. The molecule has 8 heteroatoms. The van der Waals surface area contributed by atoms with Gasteiger partial charge in [0.1, 0.15) is 6.54 Å². The molecular formula is C12H9N3O3S2. The summed E-state index contributed by atoms with van der Waals surface area (Å²) in [5.41, 5.74) is 0.480. The first-order valence-electron chi connectivity index (χ1n) is 5.64. The highest BCUT2D eigenvalue weighted by atomic mass is 32.1. The van der Waals surface area contributed by atoms with E-state index in [1.807, 2.05) is 17.5 Å². The van der Waals surface area contributed by atoms with E-state index in [1.165, 1.54) is 28.4 Å². The molecule has 0 aliphatic rings. The quantitative estimate of drug-likeness (QED) is 0.775. The molecular weight excluding hydrogens is 298 g/mol. The van der Waals surface area contributed by atoms with Crippen molar-refractivity contribution in [1.82, 2.24) is 9.78 Å². The minimum absolute atomic E-state index is 0.215. The van der Waals surface area contributed by atoms with Crippen LogP contribution in [0.1, 0.15) is 9.67 Å². The van der Waals surface area contributed by atoms with Gasteiger partial charge in [-0.1, -0.05) is 0 Å². The van der Waals surface area contributed by atoms with E-state index in [1.54, 1.807) is 11.3 Å². The Bertz CT molecular complexity index is 758. The van der Waals surface area contributed by atoms with Crippen LogP contribution in [0.3, 0.4) is 0 Å². The fourth-order valence-electron chi connectivity index (χ4n) is 1.72. The van der Waals surface area contributed by atoms with Gasteiger partial charge in [-0.25, -0.2) is 0 Å². The minimum Gasteiger partial charge on any atom is -0.480 e. The highest BCUT2D eigenvalue weighted by molar-refractivity contribution is 7.27. The Balaban J connectivity index is 1.73.